The summed E-state index contributed by atoms with van der Waals surface area (Å²) < 4.78 is 2.58. The maximum atomic E-state index is 2.65. The molecule has 1 aromatic heterocycles. The van der Waals surface area contributed by atoms with Gasteiger partial charge in [0.1, 0.15) is 0 Å². The third-order valence-corrected chi connectivity index (χ3v) is 15.1. The molecule has 9 aromatic rings. The third-order valence-electron chi connectivity index (χ3n) is 15.1. The van der Waals surface area contributed by atoms with Crippen LogP contribution in [0.5, 0.6) is 0 Å². The normalized spacial score (nSPS) is 19.7. The average molecular weight is 829 g/mol. The van der Waals surface area contributed by atoms with Crippen molar-refractivity contribution in [1.29, 1.82) is 0 Å². The topological polar surface area (TPSA) is 8.17 Å². The number of nitrogens with zero attached hydrogens (tertiary/aromatic N) is 2. The summed E-state index contributed by atoms with van der Waals surface area (Å²) in [5, 5.41) is 5.12. The van der Waals surface area contributed by atoms with Crippen LogP contribution in [0.25, 0.3) is 54.9 Å². The molecule has 0 radical (unpaired) electrons. The van der Waals surface area contributed by atoms with Crippen LogP contribution >= 0.6 is 0 Å². The number of anilines is 2. The second-order valence-corrected chi connectivity index (χ2v) is 18.3. The molecule has 0 saturated carbocycles. The number of fused-ring (bicyclic) bond motifs is 11. The average Bonchev–Trinajstić information content (AvgIpc) is 3.99. The lowest BCUT2D eigenvalue weighted by Crippen LogP contribution is -2.29. The van der Waals surface area contributed by atoms with E-state index in [4.69, 9.17) is 0 Å². The van der Waals surface area contributed by atoms with Gasteiger partial charge in [0.05, 0.1) is 17.5 Å². The Morgan fingerprint density at radius 2 is 1.28 bits per heavy atom. The van der Waals surface area contributed by atoms with E-state index in [0.717, 1.165) is 6.42 Å². The second-order valence-electron chi connectivity index (χ2n) is 18.3. The van der Waals surface area contributed by atoms with Crippen LogP contribution in [0.2, 0.25) is 0 Å². The summed E-state index contributed by atoms with van der Waals surface area (Å²) >= 11 is 0. The Morgan fingerprint density at radius 3 is 2.14 bits per heavy atom. The Bertz CT molecular complexity index is 3610. The lowest BCUT2D eigenvalue weighted by molar-refractivity contribution is 0.534. The van der Waals surface area contributed by atoms with E-state index in [2.05, 4.69) is 246 Å². The summed E-state index contributed by atoms with van der Waals surface area (Å²) in [4.78, 5) is 2.65. The van der Waals surface area contributed by atoms with Crippen LogP contribution in [0.15, 0.2) is 242 Å². The zero-order valence-electron chi connectivity index (χ0n) is 35.9. The molecular formula is C63H44N2. The van der Waals surface area contributed by atoms with E-state index in [0.29, 0.717) is 5.92 Å². The van der Waals surface area contributed by atoms with E-state index in [1.54, 1.807) is 0 Å². The van der Waals surface area contributed by atoms with Gasteiger partial charge in [-0.05, 0) is 121 Å². The number of benzene rings is 8. The SMILES string of the molecule is C1=CC2=CC=CC(n3c4ccccc4c4cc(C5=CCC6C(=C5)c5cc7c(cc5N6c5ccc6ccccc6c5)C(c5ccccc5)(c5ccccc5)c5ccccc5-7)ccc43)C2C=C1. The molecule has 1 aliphatic heterocycles. The van der Waals surface area contributed by atoms with Gasteiger partial charge in [0, 0.05) is 44.7 Å². The fourth-order valence-corrected chi connectivity index (χ4v) is 12.3. The molecule has 0 N–H and O–H groups in total. The molecule has 2 heterocycles. The van der Waals surface area contributed by atoms with Gasteiger partial charge in [-0.1, -0.05) is 188 Å². The first-order valence-corrected chi connectivity index (χ1v) is 23.1. The largest absolute Gasteiger partial charge is 0.333 e. The Labute approximate surface area is 379 Å². The molecule has 3 atom stereocenters. The van der Waals surface area contributed by atoms with Gasteiger partial charge >= 0.3 is 0 Å². The Morgan fingerprint density at radius 1 is 0.523 bits per heavy atom. The lowest BCUT2D eigenvalue weighted by Gasteiger charge is -2.35. The summed E-state index contributed by atoms with van der Waals surface area (Å²) in [6.45, 7) is 0. The number of hydrogen-bond donors (Lipinski definition) is 0. The molecule has 4 aliphatic carbocycles. The van der Waals surface area contributed by atoms with Crippen LogP contribution in [0, 0.1) is 5.92 Å². The monoisotopic (exact) mass is 828 g/mol. The molecule has 2 heteroatoms. The van der Waals surface area contributed by atoms with Crippen molar-refractivity contribution in [3.63, 3.8) is 0 Å². The van der Waals surface area contributed by atoms with E-state index < -0.39 is 5.41 Å². The molecule has 0 spiro atoms. The molecule has 3 unspecified atom stereocenters. The van der Waals surface area contributed by atoms with Gasteiger partial charge in [-0.15, -0.1) is 0 Å². The smallest absolute Gasteiger partial charge is 0.0714 e. The van der Waals surface area contributed by atoms with Gasteiger partial charge in [-0.2, -0.15) is 0 Å². The fraction of sp³-hybridized carbons (Fsp3) is 0.0794. The molecule has 14 rings (SSSR count). The van der Waals surface area contributed by atoms with Crippen molar-refractivity contribution in [3.05, 3.63) is 276 Å². The van der Waals surface area contributed by atoms with Crippen LogP contribution in [0.3, 0.4) is 0 Å². The Hall–Kier alpha value is -7.94. The first kappa shape index (κ1) is 36.5. The van der Waals surface area contributed by atoms with Crippen molar-refractivity contribution in [2.45, 2.75) is 23.9 Å². The van der Waals surface area contributed by atoms with E-state index in [1.165, 1.54) is 105 Å². The minimum atomic E-state index is -0.478. The highest BCUT2D eigenvalue weighted by Crippen LogP contribution is 2.60. The molecule has 0 saturated heterocycles. The highest BCUT2D eigenvalue weighted by Gasteiger charge is 2.48. The first-order valence-electron chi connectivity index (χ1n) is 23.1. The van der Waals surface area contributed by atoms with Gasteiger partial charge in [-0.25, -0.2) is 0 Å². The fourth-order valence-electron chi connectivity index (χ4n) is 12.3. The maximum absolute atomic E-state index is 2.65. The van der Waals surface area contributed by atoms with Crippen molar-refractivity contribution in [3.8, 4) is 11.1 Å². The summed E-state index contributed by atoms with van der Waals surface area (Å²) in [5.41, 5.74) is 19.1. The summed E-state index contributed by atoms with van der Waals surface area (Å²) in [6, 6.07) is 68.9. The predicted molar refractivity (Wildman–Crippen MR) is 272 cm³/mol. The zero-order valence-corrected chi connectivity index (χ0v) is 35.9. The number of rotatable bonds is 5. The summed E-state index contributed by atoms with van der Waals surface area (Å²) in [7, 11) is 0. The Balaban J connectivity index is 0.965. The van der Waals surface area contributed by atoms with Crippen LogP contribution < -0.4 is 4.90 Å². The van der Waals surface area contributed by atoms with E-state index in [1.807, 2.05) is 0 Å². The summed E-state index contributed by atoms with van der Waals surface area (Å²) in [5.74, 6) is 0.304. The standard InChI is InChI=1S/C63H44N2/c1-3-20-46(21-4-1)63(47-22-5-2-6-23-47)56-27-13-11-25-50(56)52-39-55-54-38-45(31-34-60(54)64(62(55)40-57(52)63)48-33-30-41-16-7-8-18-43(41)36-48)44-32-35-61-53(37-44)51-26-12-14-28-59(51)65(61)58-29-15-19-42-17-9-10-24-49(42)58/h1-33,35-40,49,58,60H,34H2. The van der Waals surface area contributed by atoms with Crippen molar-refractivity contribution in [2.75, 3.05) is 4.90 Å². The predicted octanol–water partition coefficient (Wildman–Crippen LogP) is 15.5. The highest BCUT2D eigenvalue weighted by atomic mass is 15.2. The molecule has 5 aliphatic rings. The number of allylic oxidation sites excluding steroid dienone is 10. The maximum Gasteiger partial charge on any atom is 0.0714 e. The summed E-state index contributed by atoms with van der Waals surface area (Å²) in [6.07, 6.45) is 21.8. The first-order chi connectivity index (χ1) is 32.2. The van der Waals surface area contributed by atoms with E-state index in [-0.39, 0.29) is 12.1 Å². The number of para-hydroxylation sites is 1. The van der Waals surface area contributed by atoms with Crippen molar-refractivity contribution < 1.29 is 0 Å². The lowest BCUT2D eigenvalue weighted by atomic mass is 9.67. The molecule has 0 fully saturated rings. The molecule has 2 nitrogen and oxygen atoms in total. The van der Waals surface area contributed by atoms with Crippen LogP contribution in [-0.4, -0.2) is 10.6 Å². The number of hydrogen-bond acceptors (Lipinski definition) is 1. The van der Waals surface area contributed by atoms with E-state index >= 15 is 0 Å². The minimum Gasteiger partial charge on any atom is -0.333 e. The Kier molecular flexibility index (Phi) is 7.89. The second kappa shape index (κ2) is 14.0. The van der Waals surface area contributed by atoms with Crippen molar-refractivity contribution >= 4 is 55.1 Å². The molecule has 306 valence electrons. The van der Waals surface area contributed by atoms with Gasteiger partial charge in [0.15, 0.2) is 0 Å². The molecule has 65 heavy (non-hydrogen) atoms. The van der Waals surface area contributed by atoms with Gasteiger partial charge in [0.25, 0.3) is 0 Å². The highest BCUT2D eigenvalue weighted by molar-refractivity contribution is 6.10. The molecule has 0 bridgehead atoms. The molecular weight excluding hydrogens is 785 g/mol. The van der Waals surface area contributed by atoms with Crippen LogP contribution in [-0.2, 0) is 5.41 Å². The molecule has 0 amide bonds. The van der Waals surface area contributed by atoms with Crippen LogP contribution in [0.1, 0.15) is 45.8 Å². The van der Waals surface area contributed by atoms with E-state index in [9.17, 15) is 0 Å². The third kappa shape index (κ3) is 5.23. The van der Waals surface area contributed by atoms with Crippen molar-refractivity contribution in [1.82, 2.24) is 4.57 Å². The zero-order chi connectivity index (χ0) is 42.6. The molecule has 8 aromatic carbocycles. The minimum absolute atomic E-state index is 0.152. The quantitative estimate of drug-likeness (QED) is 0.168. The number of aromatic nitrogens is 1. The van der Waals surface area contributed by atoms with Crippen molar-refractivity contribution in [2.24, 2.45) is 5.92 Å². The van der Waals surface area contributed by atoms with Gasteiger partial charge in [-0.3, -0.25) is 0 Å². The van der Waals surface area contributed by atoms with Gasteiger partial charge < -0.3 is 9.47 Å². The van der Waals surface area contributed by atoms with Gasteiger partial charge in [0.2, 0.25) is 0 Å². The van der Waals surface area contributed by atoms with Crippen LogP contribution in [0.4, 0.5) is 11.4 Å².